The number of amides is 1. The van der Waals surface area contributed by atoms with Crippen LogP contribution in [-0.2, 0) is 11.8 Å². The number of aromatic nitrogens is 4. The molecule has 1 atom stereocenters. The van der Waals surface area contributed by atoms with Crippen molar-refractivity contribution in [1.82, 2.24) is 25.1 Å². The third-order valence-corrected chi connectivity index (χ3v) is 4.19. The van der Waals surface area contributed by atoms with Crippen molar-refractivity contribution in [2.75, 3.05) is 5.75 Å². The fourth-order valence-electron chi connectivity index (χ4n) is 2.08. The van der Waals surface area contributed by atoms with Gasteiger partial charge < -0.3 is 9.73 Å². The molecule has 0 spiro atoms. The third-order valence-electron chi connectivity index (χ3n) is 3.18. The van der Waals surface area contributed by atoms with Crippen LogP contribution in [0, 0.1) is 0 Å². The van der Waals surface area contributed by atoms with Crippen LogP contribution in [0.1, 0.15) is 18.7 Å². The number of nitrogens with one attached hydrogen (secondary N) is 1. The number of nitrogens with zero attached hydrogens (tertiary/aromatic N) is 4. The molecule has 0 saturated heterocycles. The second-order valence-electron chi connectivity index (χ2n) is 4.78. The predicted molar refractivity (Wildman–Crippen MR) is 82.3 cm³/mol. The molecule has 8 heteroatoms. The van der Waals surface area contributed by atoms with Gasteiger partial charge in [0.1, 0.15) is 17.1 Å². The zero-order chi connectivity index (χ0) is 15.5. The van der Waals surface area contributed by atoms with Crippen LogP contribution in [0.3, 0.4) is 0 Å². The first-order valence-electron chi connectivity index (χ1n) is 6.73. The maximum Gasteiger partial charge on any atom is 0.230 e. The molecule has 114 valence electrons. The van der Waals surface area contributed by atoms with Gasteiger partial charge in [0, 0.05) is 7.05 Å². The summed E-state index contributed by atoms with van der Waals surface area (Å²) < 4.78 is 6.95. The van der Waals surface area contributed by atoms with E-state index in [0.717, 1.165) is 21.8 Å². The van der Waals surface area contributed by atoms with Crippen LogP contribution in [0.5, 0.6) is 0 Å². The van der Waals surface area contributed by atoms with Gasteiger partial charge in [0.15, 0.2) is 5.65 Å². The Morgan fingerprint density at radius 2 is 2.36 bits per heavy atom. The summed E-state index contributed by atoms with van der Waals surface area (Å²) in [4.78, 5) is 20.4. The lowest BCUT2D eigenvalue weighted by atomic mass is 10.2. The molecular weight excluding hydrogens is 302 g/mol. The lowest BCUT2D eigenvalue weighted by Gasteiger charge is -2.11. The van der Waals surface area contributed by atoms with E-state index in [4.69, 9.17) is 4.42 Å². The SMILES string of the molecule is C[C@@H](NC(=O)CSc1ncnc2c1cnn2C)c1ccco1. The summed E-state index contributed by atoms with van der Waals surface area (Å²) in [6.45, 7) is 1.88. The van der Waals surface area contributed by atoms with Gasteiger partial charge in [0.05, 0.1) is 29.6 Å². The Morgan fingerprint density at radius 1 is 1.50 bits per heavy atom. The second-order valence-corrected chi connectivity index (χ2v) is 5.74. The van der Waals surface area contributed by atoms with E-state index in [9.17, 15) is 4.79 Å². The summed E-state index contributed by atoms with van der Waals surface area (Å²) in [6, 6.07) is 3.47. The number of fused-ring (bicyclic) bond motifs is 1. The average Bonchev–Trinajstić information content (AvgIpc) is 3.16. The Bertz CT molecular complexity index is 784. The molecule has 7 nitrogen and oxygen atoms in total. The lowest BCUT2D eigenvalue weighted by molar-refractivity contribution is -0.119. The summed E-state index contributed by atoms with van der Waals surface area (Å²) in [5, 5.41) is 8.64. The summed E-state index contributed by atoms with van der Waals surface area (Å²) in [5.74, 6) is 0.922. The number of hydrogen-bond donors (Lipinski definition) is 1. The highest BCUT2D eigenvalue weighted by Crippen LogP contribution is 2.23. The Morgan fingerprint density at radius 3 is 3.14 bits per heavy atom. The highest BCUT2D eigenvalue weighted by Gasteiger charge is 2.14. The minimum Gasteiger partial charge on any atom is -0.467 e. The number of rotatable bonds is 5. The molecule has 1 amide bonds. The van der Waals surface area contributed by atoms with E-state index >= 15 is 0 Å². The highest BCUT2D eigenvalue weighted by atomic mass is 32.2. The number of aryl methyl sites for hydroxylation is 1. The van der Waals surface area contributed by atoms with Gasteiger partial charge in [-0.2, -0.15) is 5.10 Å². The predicted octanol–water partition coefficient (Wildman–Crippen LogP) is 1.93. The minimum atomic E-state index is -0.160. The summed E-state index contributed by atoms with van der Waals surface area (Å²) in [7, 11) is 1.82. The Kier molecular flexibility index (Phi) is 4.10. The van der Waals surface area contributed by atoms with Crippen molar-refractivity contribution in [2.45, 2.75) is 18.0 Å². The van der Waals surface area contributed by atoms with Crippen LogP contribution in [-0.4, -0.2) is 31.4 Å². The maximum atomic E-state index is 12.0. The molecule has 0 saturated carbocycles. The first kappa shape index (κ1) is 14.6. The van der Waals surface area contributed by atoms with E-state index in [1.165, 1.54) is 18.1 Å². The standard InChI is InChI=1S/C14H15N5O2S/c1-9(11-4-3-5-21-11)18-12(20)7-22-14-10-6-17-19(2)13(10)15-8-16-14/h3-6,8-9H,7H2,1-2H3,(H,18,20)/t9-/m1/s1. The fraction of sp³-hybridized carbons (Fsp3) is 0.286. The Hall–Kier alpha value is -2.35. The molecule has 0 radical (unpaired) electrons. The molecule has 1 N–H and O–H groups in total. The van der Waals surface area contributed by atoms with Crippen LogP contribution in [0.25, 0.3) is 11.0 Å². The first-order chi connectivity index (χ1) is 10.6. The molecule has 3 aromatic heterocycles. The molecule has 0 bridgehead atoms. The van der Waals surface area contributed by atoms with E-state index in [1.807, 2.05) is 20.0 Å². The number of carbonyl (C=O) groups is 1. The average molecular weight is 317 g/mol. The van der Waals surface area contributed by atoms with Crippen LogP contribution >= 0.6 is 11.8 Å². The van der Waals surface area contributed by atoms with Gasteiger partial charge in [-0.15, -0.1) is 0 Å². The molecule has 0 aliphatic heterocycles. The van der Waals surface area contributed by atoms with Crippen LogP contribution in [0.4, 0.5) is 0 Å². The third kappa shape index (κ3) is 2.96. The fourth-order valence-corrected chi connectivity index (χ4v) is 2.85. The van der Waals surface area contributed by atoms with Crippen molar-refractivity contribution < 1.29 is 9.21 Å². The van der Waals surface area contributed by atoms with Crippen LogP contribution in [0.2, 0.25) is 0 Å². The van der Waals surface area contributed by atoms with E-state index < -0.39 is 0 Å². The van der Waals surface area contributed by atoms with Crippen molar-refractivity contribution in [1.29, 1.82) is 0 Å². The largest absolute Gasteiger partial charge is 0.467 e. The Labute approximate surface area is 131 Å². The smallest absolute Gasteiger partial charge is 0.230 e. The number of furan rings is 1. The maximum absolute atomic E-state index is 12.0. The highest BCUT2D eigenvalue weighted by molar-refractivity contribution is 8.00. The van der Waals surface area contributed by atoms with E-state index in [-0.39, 0.29) is 17.7 Å². The molecule has 3 heterocycles. The van der Waals surface area contributed by atoms with Gasteiger partial charge in [0.2, 0.25) is 5.91 Å². The van der Waals surface area contributed by atoms with E-state index in [0.29, 0.717) is 0 Å². The molecule has 3 rings (SSSR count). The topological polar surface area (TPSA) is 85.8 Å². The van der Waals surface area contributed by atoms with E-state index in [2.05, 4.69) is 20.4 Å². The first-order valence-corrected chi connectivity index (χ1v) is 7.72. The van der Waals surface area contributed by atoms with Crippen molar-refractivity contribution >= 4 is 28.7 Å². The zero-order valence-corrected chi connectivity index (χ0v) is 13.0. The molecule has 0 fully saturated rings. The van der Waals surface area contributed by atoms with E-state index in [1.54, 1.807) is 23.2 Å². The molecule has 0 aliphatic carbocycles. The van der Waals surface area contributed by atoms with Crippen LogP contribution in [0.15, 0.2) is 40.4 Å². The number of thioether (sulfide) groups is 1. The zero-order valence-electron chi connectivity index (χ0n) is 12.2. The summed E-state index contributed by atoms with van der Waals surface area (Å²) >= 11 is 1.36. The summed E-state index contributed by atoms with van der Waals surface area (Å²) in [6.07, 6.45) is 4.78. The van der Waals surface area contributed by atoms with Gasteiger partial charge >= 0.3 is 0 Å². The molecular formula is C14H15N5O2S. The summed E-state index contributed by atoms with van der Waals surface area (Å²) in [5.41, 5.74) is 0.752. The van der Waals surface area contributed by atoms with Gasteiger partial charge in [-0.3, -0.25) is 9.48 Å². The van der Waals surface area contributed by atoms with Crippen molar-refractivity contribution in [3.8, 4) is 0 Å². The van der Waals surface area contributed by atoms with Crippen molar-refractivity contribution in [2.24, 2.45) is 7.05 Å². The van der Waals surface area contributed by atoms with Gasteiger partial charge in [-0.1, -0.05) is 11.8 Å². The molecule has 0 aliphatic rings. The molecule has 0 aromatic carbocycles. The van der Waals surface area contributed by atoms with Crippen molar-refractivity contribution in [3.63, 3.8) is 0 Å². The lowest BCUT2D eigenvalue weighted by Crippen LogP contribution is -2.27. The van der Waals surface area contributed by atoms with Crippen LogP contribution < -0.4 is 5.32 Å². The quantitative estimate of drug-likeness (QED) is 0.571. The molecule has 0 unspecified atom stereocenters. The Balaban J connectivity index is 1.63. The van der Waals surface area contributed by atoms with Gasteiger partial charge in [-0.25, -0.2) is 9.97 Å². The number of hydrogen-bond acceptors (Lipinski definition) is 6. The normalized spacial score (nSPS) is 12.5. The number of carbonyl (C=O) groups excluding carboxylic acids is 1. The molecule has 22 heavy (non-hydrogen) atoms. The van der Waals surface area contributed by atoms with Gasteiger partial charge in [-0.05, 0) is 19.1 Å². The molecule has 3 aromatic rings. The minimum absolute atomic E-state index is 0.0791. The van der Waals surface area contributed by atoms with Crippen molar-refractivity contribution in [3.05, 3.63) is 36.7 Å². The second kappa shape index (κ2) is 6.18. The van der Waals surface area contributed by atoms with Gasteiger partial charge in [0.25, 0.3) is 0 Å². The monoisotopic (exact) mass is 317 g/mol.